The van der Waals surface area contributed by atoms with Gasteiger partial charge in [-0.15, -0.1) is 0 Å². The molecule has 1 fully saturated rings. The Balaban J connectivity index is 2.18. The second kappa shape index (κ2) is 5.15. The van der Waals surface area contributed by atoms with E-state index in [0.717, 1.165) is 12.8 Å². The molecule has 0 bridgehead atoms. The van der Waals surface area contributed by atoms with E-state index >= 15 is 0 Å². The molecule has 1 aromatic rings. The molecule has 94 valence electrons. The van der Waals surface area contributed by atoms with Crippen LogP contribution in [0.1, 0.15) is 37.0 Å². The summed E-state index contributed by atoms with van der Waals surface area (Å²) in [5.41, 5.74) is 1.26. The van der Waals surface area contributed by atoms with Crippen LogP contribution in [0.15, 0.2) is 18.2 Å². The molecular weight excluding hydrogens is 219 g/mol. The largest absolute Gasteiger partial charge is 0.388 e. The van der Waals surface area contributed by atoms with Crippen molar-refractivity contribution >= 4 is 0 Å². The predicted molar refractivity (Wildman–Crippen MR) is 64.2 cm³/mol. The summed E-state index contributed by atoms with van der Waals surface area (Å²) in [5, 5.41) is 10.3. The van der Waals surface area contributed by atoms with Crippen LogP contribution in [0.4, 0.5) is 4.39 Å². The highest BCUT2D eigenvalue weighted by molar-refractivity contribution is 5.25. The highest BCUT2D eigenvalue weighted by atomic mass is 19.1. The van der Waals surface area contributed by atoms with Crippen LogP contribution in [-0.4, -0.2) is 17.8 Å². The fraction of sp³-hybridized carbons (Fsp3) is 0.571. The van der Waals surface area contributed by atoms with Gasteiger partial charge in [-0.05, 0) is 37.0 Å². The molecule has 1 aromatic carbocycles. The maximum absolute atomic E-state index is 13.5. The molecular formula is C14H19FO2. The number of aliphatic hydroxyl groups is 1. The molecule has 0 saturated carbocycles. The molecule has 1 heterocycles. The number of hydrogen-bond donors (Lipinski definition) is 1. The Labute approximate surface area is 101 Å². The lowest BCUT2D eigenvalue weighted by molar-refractivity contribution is 0.0306. The van der Waals surface area contributed by atoms with Gasteiger partial charge in [0.05, 0.1) is 12.2 Å². The molecule has 0 spiro atoms. The molecule has 0 radical (unpaired) electrons. The number of rotatable bonds is 3. The van der Waals surface area contributed by atoms with Crippen LogP contribution in [0, 0.1) is 18.7 Å². The average Bonchev–Trinajstić information content (AvgIpc) is 2.80. The first-order valence-corrected chi connectivity index (χ1v) is 6.19. The van der Waals surface area contributed by atoms with Crippen molar-refractivity contribution in [1.82, 2.24) is 0 Å². The van der Waals surface area contributed by atoms with Gasteiger partial charge in [-0.25, -0.2) is 4.39 Å². The highest BCUT2D eigenvalue weighted by Gasteiger charge is 2.33. The average molecular weight is 238 g/mol. The lowest BCUT2D eigenvalue weighted by Crippen LogP contribution is -2.22. The summed E-state index contributed by atoms with van der Waals surface area (Å²) in [4.78, 5) is 0. The standard InChI is InChI=1S/C14H19FO2/c1-3-13-11(6-7-17-13)14(16)10-5-4-9(2)12(15)8-10/h4-5,8,11,13-14,16H,3,6-7H2,1-2H3. The van der Waals surface area contributed by atoms with Crippen LogP contribution in [0.3, 0.4) is 0 Å². The number of hydrogen-bond acceptors (Lipinski definition) is 2. The normalized spacial score (nSPS) is 26.1. The quantitative estimate of drug-likeness (QED) is 0.877. The molecule has 3 heteroatoms. The topological polar surface area (TPSA) is 29.5 Å². The van der Waals surface area contributed by atoms with Crippen molar-refractivity contribution in [1.29, 1.82) is 0 Å². The number of halogens is 1. The number of benzene rings is 1. The van der Waals surface area contributed by atoms with Crippen molar-refractivity contribution in [2.75, 3.05) is 6.61 Å². The first-order valence-electron chi connectivity index (χ1n) is 6.19. The summed E-state index contributed by atoms with van der Waals surface area (Å²) in [7, 11) is 0. The minimum Gasteiger partial charge on any atom is -0.388 e. The van der Waals surface area contributed by atoms with Gasteiger partial charge in [0.15, 0.2) is 0 Å². The molecule has 0 aromatic heterocycles. The molecule has 2 nitrogen and oxygen atoms in total. The fourth-order valence-electron chi connectivity index (χ4n) is 2.49. The predicted octanol–water partition coefficient (Wildman–Crippen LogP) is 2.98. The van der Waals surface area contributed by atoms with E-state index in [1.165, 1.54) is 6.07 Å². The third-order valence-corrected chi connectivity index (χ3v) is 3.61. The maximum Gasteiger partial charge on any atom is 0.126 e. The third kappa shape index (κ3) is 2.50. The van der Waals surface area contributed by atoms with Crippen molar-refractivity contribution in [3.63, 3.8) is 0 Å². The summed E-state index contributed by atoms with van der Waals surface area (Å²) in [6.07, 6.45) is 1.19. The summed E-state index contributed by atoms with van der Waals surface area (Å²) in [6, 6.07) is 4.95. The Morgan fingerprint density at radius 3 is 2.94 bits per heavy atom. The highest BCUT2D eigenvalue weighted by Crippen LogP contribution is 2.35. The summed E-state index contributed by atoms with van der Waals surface area (Å²) >= 11 is 0. The van der Waals surface area contributed by atoms with E-state index in [4.69, 9.17) is 4.74 Å². The summed E-state index contributed by atoms with van der Waals surface area (Å²) < 4.78 is 19.0. The zero-order chi connectivity index (χ0) is 12.4. The van der Waals surface area contributed by atoms with Crippen LogP contribution in [0.25, 0.3) is 0 Å². The fourth-order valence-corrected chi connectivity index (χ4v) is 2.49. The second-order valence-corrected chi connectivity index (χ2v) is 4.72. The number of aryl methyl sites for hydroxylation is 1. The molecule has 1 aliphatic rings. The van der Waals surface area contributed by atoms with Gasteiger partial charge in [0, 0.05) is 12.5 Å². The van der Waals surface area contributed by atoms with E-state index in [1.54, 1.807) is 19.1 Å². The summed E-state index contributed by atoms with van der Waals surface area (Å²) in [6.45, 7) is 4.46. The van der Waals surface area contributed by atoms with Gasteiger partial charge in [0.2, 0.25) is 0 Å². The molecule has 1 N–H and O–H groups in total. The van der Waals surface area contributed by atoms with E-state index < -0.39 is 6.10 Å². The Bertz CT molecular complexity index is 392. The molecule has 1 saturated heterocycles. The molecule has 0 aliphatic carbocycles. The van der Waals surface area contributed by atoms with Crippen LogP contribution < -0.4 is 0 Å². The van der Waals surface area contributed by atoms with E-state index in [0.29, 0.717) is 17.7 Å². The SMILES string of the molecule is CCC1OCCC1C(O)c1ccc(C)c(F)c1. The van der Waals surface area contributed by atoms with Crippen LogP contribution >= 0.6 is 0 Å². The molecule has 3 unspecified atom stereocenters. The molecule has 2 rings (SSSR count). The first kappa shape index (κ1) is 12.5. The van der Waals surface area contributed by atoms with Gasteiger partial charge < -0.3 is 9.84 Å². The second-order valence-electron chi connectivity index (χ2n) is 4.72. The molecule has 3 atom stereocenters. The smallest absolute Gasteiger partial charge is 0.126 e. The van der Waals surface area contributed by atoms with Gasteiger partial charge in [-0.2, -0.15) is 0 Å². The van der Waals surface area contributed by atoms with E-state index in [9.17, 15) is 9.50 Å². The Morgan fingerprint density at radius 1 is 1.53 bits per heavy atom. The van der Waals surface area contributed by atoms with Crippen molar-refractivity contribution in [3.8, 4) is 0 Å². The van der Waals surface area contributed by atoms with Crippen LogP contribution in [0.2, 0.25) is 0 Å². The monoisotopic (exact) mass is 238 g/mol. The summed E-state index contributed by atoms with van der Waals surface area (Å²) in [5.74, 6) is -0.171. The molecule has 17 heavy (non-hydrogen) atoms. The number of aliphatic hydroxyl groups excluding tert-OH is 1. The van der Waals surface area contributed by atoms with Gasteiger partial charge in [-0.1, -0.05) is 19.1 Å². The Kier molecular flexibility index (Phi) is 3.79. The van der Waals surface area contributed by atoms with Gasteiger partial charge >= 0.3 is 0 Å². The minimum atomic E-state index is -0.627. The van der Waals surface area contributed by atoms with Crippen LogP contribution in [0.5, 0.6) is 0 Å². The van der Waals surface area contributed by atoms with Crippen LogP contribution in [-0.2, 0) is 4.74 Å². The minimum absolute atomic E-state index is 0.0853. The Morgan fingerprint density at radius 2 is 2.29 bits per heavy atom. The van der Waals surface area contributed by atoms with E-state index in [2.05, 4.69) is 0 Å². The Hall–Kier alpha value is -0.930. The lowest BCUT2D eigenvalue weighted by atomic mass is 9.88. The van der Waals surface area contributed by atoms with E-state index in [1.807, 2.05) is 6.92 Å². The van der Waals surface area contributed by atoms with Gasteiger partial charge in [-0.3, -0.25) is 0 Å². The molecule has 0 amide bonds. The number of ether oxygens (including phenoxy) is 1. The van der Waals surface area contributed by atoms with Crippen molar-refractivity contribution in [2.24, 2.45) is 5.92 Å². The van der Waals surface area contributed by atoms with E-state index in [-0.39, 0.29) is 17.8 Å². The van der Waals surface area contributed by atoms with Crippen molar-refractivity contribution in [3.05, 3.63) is 35.1 Å². The maximum atomic E-state index is 13.5. The third-order valence-electron chi connectivity index (χ3n) is 3.61. The van der Waals surface area contributed by atoms with Crippen molar-refractivity contribution in [2.45, 2.75) is 38.9 Å². The first-order chi connectivity index (χ1) is 8.13. The molecule has 1 aliphatic heterocycles. The zero-order valence-corrected chi connectivity index (χ0v) is 10.3. The van der Waals surface area contributed by atoms with Gasteiger partial charge in [0.1, 0.15) is 5.82 Å². The zero-order valence-electron chi connectivity index (χ0n) is 10.3. The van der Waals surface area contributed by atoms with Gasteiger partial charge in [0.25, 0.3) is 0 Å². The van der Waals surface area contributed by atoms with Crippen molar-refractivity contribution < 1.29 is 14.2 Å². The lowest BCUT2D eigenvalue weighted by Gasteiger charge is -2.23.